The third kappa shape index (κ3) is 2.96. The van der Waals surface area contributed by atoms with Gasteiger partial charge in [0.2, 0.25) is 0 Å². The van der Waals surface area contributed by atoms with Crippen LogP contribution >= 0.6 is 11.6 Å². The molecule has 0 aliphatic rings. The van der Waals surface area contributed by atoms with E-state index in [4.69, 9.17) is 11.6 Å². The van der Waals surface area contributed by atoms with Crippen LogP contribution in [-0.4, -0.2) is 25.3 Å². The standard InChI is InChI=1S/C17H14ClN3O/c1-17(2,22)11-10-13-16(12-6-4-3-5-7-12)19-15-9-8-14(18)20-21(13)15/h3-9,22H,1-2H3. The summed E-state index contributed by atoms with van der Waals surface area (Å²) in [5.41, 5.74) is 1.81. The number of aliphatic hydroxyl groups is 1. The predicted octanol–water partition coefficient (Wildman–Crippen LogP) is 3.17. The van der Waals surface area contributed by atoms with E-state index >= 15 is 0 Å². The first-order valence-electron chi connectivity index (χ1n) is 6.80. The Balaban J connectivity index is 2.29. The SMILES string of the molecule is CC(C)(O)C#Cc1c(-c2ccccc2)nc2ccc(Cl)nn12. The number of hydrogen-bond acceptors (Lipinski definition) is 3. The molecule has 1 aromatic carbocycles. The maximum atomic E-state index is 9.85. The second-order valence-corrected chi connectivity index (χ2v) is 5.80. The zero-order valence-corrected chi connectivity index (χ0v) is 13.0. The minimum atomic E-state index is -1.10. The van der Waals surface area contributed by atoms with Gasteiger partial charge in [-0.1, -0.05) is 47.9 Å². The highest BCUT2D eigenvalue weighted by Crippen LogP contribution is 2.24. The zero-order valence-electron chi connectivity index (χ0n) is 12.2. The van der Waals surface area contributed by atoms with Gasteiger partial charge in [0.15, 0.2) is 5.65 Å². The van der Waals surface area contributed by atoms with Gasteiger partial charge in [0.25, 0.3) is 0 Å². The van der Waals surface area contributed by atoms with Gasteiger partial charge in [0, 0.05) is 5.56 Å². The van der Waals surface area contributed by atoms with Crippen molar-refractivity contribution in [3.63, 3.8) is 0 Å². The molecule has 3 aromatic rings. The molecule has 0 bridgehead atoms. The molecule has 0 radical (unpaired) electrons. The Hall–Kier alpha value is -2.35. The van der Waals surface area contributed by atoms with Crippen LogP contribution in [0.1, 0.15) is 19.5 Å². The van der Waals surface area contributed by atoms with Crippen molar-refractivity contribution in [1.82, 2.24) is 14.6 Å². The molecule has 0 aliphatic carbocycles. The first kappa shape index (κ1) is 14.6. The first-order chi connectivity index (χ1) is 10.4. The number of hydrogen-bond donors (Lipinski definition) is 1. The summed E-state index contributed by atoms with van der Waals surface area (Å²) in [4.78, 5) is 4.58. The smallest absolute Gasteiger partial charge is 0.155 e. The number of imidazole rings is 1. The third-order valence-electron chi connectivity index (χ3n) is 2.98. The second-order valence-electron chi connectivity index (χ2n) is 5.41. The van der Waals surface area contributed by atoms with E-state index in [9.17, 15) is 5.11 Å². The molecule has 4 nitrogen and oxygen atoms in total. The summed E-state index contributed by atoms with van der Waals surface area (Å²) in [6.45, 7) is 3.26. The van der Waals surface area contributed by atoms with Gasteiger partial charge >= 0.3 is 0 Å². The number of halogens is 1. The van der Waals surface area contributed by atoms with E-state index in [0.29, 0.717) is 22.2 Å². The Morgan fingerprint density at radius 3 is 2.55 bits per heavy atom. The van der Waals surface area contributed by atoms with Crippen molar-refractivity contribution < 1.29 is 5.11 Å². The molecular formula is C17H14ClN3O. The van der Waals surface area contributed by atoms with E-state index in [0.717, 1.165) is 5.56 Å². The molecule has 1 N–H and O–H groups in total. The molecule has 0 fully saturated rings. The van der Waals surface area contributed by atoms with E-state index in [1.54, 1.807) is 30.5 Å². The van der Waals surface area contributed by atoms with Gasteiger partial charge in [0.1, 0.15) is 22.1 Å². The molecule has 0 saturated heterocycles. The van der Waals surface area contributed by atoms with Gasteiger partial charge in [-0.3, -0.25) is 0 Å². The van der Waals surface area contributed by atoms with E-state index in [-0.39, 0.29) is 0 Å². The Kier molecular flexibility index (Phi) is 3.61. The lowest BCUT2D eigenvalue weighted by Gasteiger charge is -2.06. The van der Waals surface area contributed by atoms with Crippen molar-refractivity contribution in [2.24, 2.45) is 0 Å². The molecule has 2 aromatic heterocycles. The van der Waals surface area contributed by atoms with Gasteiger partial charge in [-0.05, 0) is 31.9 Å². The Morgan fingerprint density at radius 1 is 1.14 bits per heavy atom. The van der Waals surface area contributed by atoms with E-state index < -0.39 is 5.60 Å². The number of aromatic nitrogens is 3. The Bertz CT molecular complexity index is 883. The summed E-state index contributed by atoms with van der Waals surface area (Å²) in [5, 5.41) is 14.5. The van der Waals surface area contributed by atoms with Crippen LogP contribution in [-0.2, 0) is 0 Å². The molecular weight excluding hydrogens is 298 g/mol. The van der Waals surface area contributed by atoms with Gasteiger partial charge in [-0.2, -0.15) is 5.10 Å². The van der Waals surface area contributed by atoms with Crippen LogP contribution in [0.5, 0.6) is 0 Å². The molecule has 0 spiro atoms. The lowest BCUT2D eigenvalue weighted by atomic mass is 10.1. The quantitative estimate of drug-likeness (QED) is 0.702. The minimum absolute atomic E-state index is 0.357. The van der Waals surface area contributed by atoms with Crippen molar-refractivity contribution in [3.05, 3.63) is 53.3 Å². The molecule has 0 aliphatic heterocycles. The van der Waals surface area contributed by atoms with Crippen LogP contribution in [0.15, 0.2) is 42.5 Å². The average Bonchev–Trinajstić information content (AvgIpc) is 2.83. The van der Waals surface area contributed by atoms with E-state index in [1.165, 1.54) is 0 Å². The van der Waals surface area contributed by atoms with Crippen molar-refractivity contribution in [1.29, 1.82) is 0 Å². The summed E-state index contributed by atoms with van der Waals surface area (Å²) in [6.07, 6.45) is 0. The fourth-order valence-electron chi connectivity index (χ4n) is 2.03. The maximum absolute atomic E-state index is 9.85. The van der Waals surface area contributed by atoms with Gasteiger partial charge in [-0.25, -0.2) is 9.50 Å². The number of rotatable bonds is 1. The van der Waals surface area contributed by atoms with Crippen molar-refractivity contribution >= 4 is 17.2 Å². The molecule has 22 heavy (non-hydrogen) atoms. The number of fused-ring (bicyclic) bond motifs is 1. The van der Waals surface area contributed by atoms with Crippen LogP contribution in [0.3, 0.4) is 0 Å². The molecule has 0 unspecified atom stereocenters. The normalized spacial score (nSPS) is 11.3. The molecule has 2 heterocycles. The van der Waals surface area contributed by atoms with Crippen LogP contribution in [0.2, 0.25) is 5.15 Å². The molecule has 110 valence electrons. The lowest BCUT2D eigenvalue weighted by Crippen LogP contribution is -2.14. The van der Waals surface area contributed by atoms with Gasteiger partial charge in [0.05, 0.1) is 0 Å². The van der Waals surface area contributed by atoms with E-state index in [1.807, 2.05) is 30.3 Å². The summed E-state index contributed by atoms with van der Waals surface area (Å²) in [7, 11) is 0. The molecule has 0 saturated carbocycles. The van der Waals surface area contributed by atoms with Crippen molar-refractivity contribution in [3.8, 4) is 23.1 Å². The summed E-state index contributed by atoms with van der Waals surface area (Å²) in [5.74, 6) is 5.79. The highest BCUT2D eigenvalue weighted by Gasteiger charge is 2.15. The van der Waals surface area contributed by atoms with Crippen molar-refractivity contribution in [2.75, 3.05) is 0 Å². The lowest BCUT2D eigenvalue weighted by molar-refractivity contribution is 0.143. The van der Waals surface area contributed by atoms with Crippen LogP contribution in [0, 0.1) is 11.8 Å². The fourth-order valence-corrected chi connectivity index (χ4v) is 2.17. The Labute approximate surface area is 133 Å². The van der Waals surface area contributed by atoms with Crippen LogP contribution < -0.4 is 0 Å². The Morgan fingerprint density at radius 2 is 1.86 bits per heavy atom. The van der Waals surface area contributed by atoms with Gasteiger partial charge in [-0.15, -0.1) is 0 Å². The number of nitrogens with zero attached hydrogens (tertiary/aromatic N) is 3. The topological polar surface area (TPSA) is 50.4 Å². The van der Waals surface area contributed by atoms with Crippen LogP contribution in [0.25, 0.3) is 16.9 Å². The molecule has 0 amide bonds. The number of benzene rings is 1. The first-order valence-corrected chi connectivity index (χ1v) is 7.18. The predicted molar refractivity (Wildman–Crippen MR) is 86.6 cm³/mol. The van der Waals surface area contributed by atoms with Gasteiger partial charge < -0.3 is 5.11 Å². The van der Waals surface area contributed by atoms with Crippen LogP contribution in [0.4, 0.5) is 0 Å². The second kappa shape index (κ2) is 5.45. The zero-order chi connectivity index (χ0) is 15.7. The highest BCUT2D eigenvalue weighted by atomic mass is 35.5. The molecule has 3 rings (SSSR count). The monoisotopic (exact) mass is 311 g/mol. The summed E-state index contributed by atoms with van der Waals surface area (Å²) in [6, 6.07) is 13.2. The molecule has 5 heteroatoms. The summed E-state index contributed by atoms with van der Waals surface area (Å²) >= 11 is 5.98. The maximum Gasteiger partial charge on any atom is 0.155 e. The third-order valence-corrected chi connectivity index (χ3v) is 3.18. The minimum Gasteiger partial charge on any atom is -0.378 e. The summed E-state index contributed by atoms with van der Waals surface area (Å²) < 4.78 is 1.60. The largest absolute Gasteiger partial charge is 0.378 e. The van der Waals surface area contributed by atoms with E-state index in [2.05, 4.69) is 21.9 Å². The van der Waals surface area contributed by atoms with Crippen molar-refractivity contribution in [2.45, 2.75) is 19.4 Å². The fraction of sp³-hybridized carbons (Fsp3) is 0.176. The highest BCUT2D eigenvalue weighted by molar-refractivity contribution is 6.29. The average molecular weight is 312 g/mol. The molecule has 0 atom stereocenters.